The summed E-state index contributed by atoms with van der Waals surface area (Å²) in [6.07, 6.45) is 1.75. The number of nitrogens with zero attached hydrogens (tertiary/aromatic N) is 3. The van der Waals surface area contributed by atoms with Crippen molar-refractivity contribution in [1.82, 2.24) is 14.8 Å². The first-order chi connectivity index (χ1) is 18.0. The van der Waals surface area contributed by atoms with Gasteiger partial charge in [0.1, 0.15) is 12.6 Å². The van der Waals surface area contributed by atoms with Crippen molar-refractivity contribution in [2.45, 2.75) is 58.3 Å². The molecule has 0 aliphatic carbocycles. The van der Waals surface area contributed by atoms with Gasteiger partial charge in [-0.15, -0.1) is 5.10 Å². The second-order valence-electron chi connectivity index (χ2n) is 8.84. The highest BCUT2D eigenvalue weighted by Gasteiger charge is 2.35. The van der Waals surface area contributed by atoms with Gasteiger partial charge in [0.2, 0.25) is 11.1 Å². The van der Waals surface area contributed by atoms with Crippen molar-refractivity contribution in [2.24, 2.45) is 0 Å². The summed E-state index contributed by atoms with van der Waals surface area (Å²) in [5, 5.41) is 8.66. The molecule has 2 heterocycles. The highest BCUT2D eigenvalue weighted by molar-refractivity contribution is 7.99. The number of carbonyl (C=O) groups is 1. The summed E-state index contributed by atoms with van der Waals surface area (Å²) in [6, 6.07) is 13.3. The predicted molar refractivity (Wildman–Crippen MR) is 145 cm³/mol. The Labute approximate surface area is 222 Å². The molecule has 1 aromatic heterocycles. The number of rotatable bonds is 11. The van der Waals surface area contributed by atoms with Crippen LogP contribution < -0.4 is 14.8 Å². The molecule has 0 radical (unpaired) electrons. The van der Waals surface area contributed by atoms with Crippen molar-refractivity contribution in [3.05, 3.63) is 70.4 Å². The van der Waals surface area contributed by atoms with Crippen molar-refractivity contribution in [2.75, 3.05) is 24.8 Å². The Hall–Kier alpha value is -3.46. The van der Waals surface area contributed by atoms with Crippen LogP contribution in [0.15, 0.2) is 58.9 Å². The number of allylic oxidation sites excluding steroid dienone is 1. The standard InChI is InChI=1S/C28H34N4O4S/c1-6-14-35-26(33)24-19(4)29-27-30-28(37-15-7-2)31-32(27)25(24)20-12-13-22(23(16-20)34-5)36-17-21-11-9-8-10-18(21)3/h8-13,16,25H,6-7,14-15,17H2,1-5H3,(H,29,30,31). The number of methoxy groups -OCH3 is 1. The van der Waals surface area contributed by atoms with Crippen LogP contribution >= 0.6 is 11.8 Å². The Morgan fingerprint density at radius 3 is 2.65 bits per heavy atom. The first-order valence-electron chi connectivity index (χ1n) is 12.6. The molecule has 196 valence electrons. The maximum absolute atomic E-state index is 13.2. The molecular formula is C28H34N4O4S. The van der Waals surface area contributed by atoms with E-state index in [0.29, 0.717) is 47.1 Å². The van der Waals surface area contributed by atoms with E-state index in [-0.39, 0.29) is 5.97 Å². The summed E-state index contributed by atoms with van der Waals surface area (Å²) in [7, 11) is 1.61. The molecule has 2 aromatic carbocycles. The third-order valence-electron chi connectivity index (χ3n) is 6.07. The zero-order valence-corrected chi connectivity index (χ0v) is 22.9. The van der Waals surface area contributed by atoms with Gasteiger partial charge in [-0.1, -0.05) is 55.9 Å². The van der Waals surface area contributed by atoms with E-state index in [0.717, 1.165) is 29.7 Å². The summed E-state index contributed by atoms with van der Waals surface area (Å²) in [6.45, 7) is 8.79. The molecule has 0 fully saturated rings. The lowest BCUT2D eigenvalue weighted by Gasteiger charge is -2.28. The number of hydrogen-bond acceptors (Lipinski definition) is 8. The lowest BCUT2D eigenvalue weighted by molar-refractivity contribution is -0.139. The molecule has 3 aromatic rings. The minimum Gasteiger partial charge on any atom is -0.493 e. The quantitative estimate of drug-likeness (QED) is 0.245. The number of fused-ring (bicyclic) bond motifs is 1. The third-order valence-corrected chi connectivity index (χ3v) is 7.12. The second kappa shape index (κ2) is 12.2. The van der Waals surface area contributed by atoms with Crippen LogP contribution in [0, 0.1) is 6.92 Å². The number of ether oxygens (including phenoxy) is 3. The van der Waals surface area contributed by atoms with Crippen LogP contribution in [0.5, 0.6) is 11.5 Å². The van der Waals surface area contributed by atoms with Crippen LogP contribution in [0.3, 0.4) is 0 Å². The number of benzene rings is 2. The molecule has 37 heavy (non-hydrogen) atoms. The van der Waals surface area contributed by atoms with Gasteiger partial charge in [-0.05, 0) is 55.5 Å². The van der Waals surface area contributed by atoms with Crippen LogP contribution in [-0.4, -0.2) is 40.2 Å². The molecule has 1 aliphatic heterocycles. The molecule has 0 bridgehead atoms. The van der Waals surface area contributed by atoms with E-state index in [1.165, 1.54) is 5.56 Å². The molecule has 0 saturated carbocycles. The second-order valence-corrected chi connectivity index (χ2v) is 9.90. The van der Waals surface area contributed by atoms with Crippen LogP contribution in [0.25, 0.3) is 0 Å². The number of carbonyl (C=O) groups excluding carboxylic acids is 1. The molecule has 4 rings (SSSR count). The molecule has 0 amide bonds. The number of anilines is 1. The van der Waals surface area contributed by atoms with Crippen molar-refractivity contribution >= 4 is 23.7 Å². The topological polar surface area (TPSA) is 87.5 Å². The first-order valence-corrected chi connectivity index (χ1v) is 13.5. The van der Waals surface area contributed by atoms with Crippen molar-refractivity contribution < 1.29 is 19.0 Å². The fraction of sp³-hybridized carbons (Fsp3) is 0.393. The molecule has 0 saturated heterocycles. The van der Waals surface area contributed by atoms with Crippen molar-refractivity contribution in [3.63, 3.8) is 0 Å². The van der Waals surface area contributed by atoms with Gasteiger partial charge in [-0.3, -0.25) is 0 Å². The average molecular weight is 523 g/mol. The lowest BCUT2D eigenvalue weighted by Crippen LogP contribution is -2.29. The molecule has 0 spiro atoms. The summed E-state index contributed by atoms with van der Waals surface area (Å²) in [5.74, 6) is 2.32. The fourth-order valence-electron chi connectivity index (χ4n) is 4.13. The number of nitrogens with one attached hydrogen (secondary N) is 1. The van der Waals surface area contributed by atoms with Gasteiger partial charge >= 0.3 is 5.97 Å². The third kappa shape index (κ3) is 5.93. The van der Waals surface area contributed by atoms with Gasteiger partial charge in [0.25, 0.3) is 0 Å². The molecular weight excluding hydrogens is 488 g/mol. The average Bonchev–Trinajstić information content (AvgIpc) is 3.31. The van der Waals surface area contributed by atoms with E-state index in [9.17, 15) is 4.79 Å². The van der Waals surface area contributed by atoms with E-state index < -0.39 is 6.04 Å². The highest BCUT2D eigenvalue weighted by atomic mass is 32.2. The van der Waals surface area contributed by atoms with Crippen LogP contribution in [-0.2, 0) is 16.1 Å². The SMILES string of the molecule is CCCOC(=O)C1=C(C)Nc2nc(SCCC)nn2C1c1ccc(OCc2ccccc2C)c(OC)c1. The van der Waals surface area contributed by atoms with Gasteiger partial charge in [0, 0.05) is 11.4 Å². The van der Waals surface area contributed by atoms with Gasteiger partial charge < -0.3 is 19.5 Å². The Balaban J connectivity index is 1.71. The van der Waals surface area contributed by atoms with Crippen LogP contribution in [0.2, 0.25) is 0 Å². The number of aromatic nitrogens is 3. The minimum absolute atomic E-state index is 0.346. The maximum Gasteiger partial charge on any atom is 0.338 e. The number of thioether (sulfide) groups is 1. The van der Waals surface area contributed by atoms with Crippen LogP contribution in [0.1, 0.15) is 56.3 Å². The van der Waals surface area contributed by atoms with E-state index in [2.05, 4.69) is 30.2 Å². The fourth-order valence-corrected chi connectivity index (χ4v) is 4.82. The molecule has 1 unspecified atom stereocenters. The Bertz CT molecular complexity index is 1290. The van der Waals surface area contributed by atoms with Crippen molar-refractivity contribution in [3.8, 4) is 11.5 Å². The first kappa shape index (κ1) is 26.6. The molecule has 1 aliphatic rings. The monoisotopic (exact) mass is 522 g/mol. The minimum atomic E-state index is -0.525. The van der Waals surface area contributed by atoms with Gasteiger partial charge in [-0.25, -0.2) is 9.48 Å². The van der Waals surface area contributed by atoms with Gasteiger partial charge in [0.15, 0.2) is 11.5 Å². The highest BCUT2D eigenvalue weighted by Crippen LogP contribution is 2.40. The molecule has 8 nitrogen and oxygen atoms in total. The molecule has 1 N–H and O–H groups in total. The van der Waals surface area contributed by atoms with Crippen molar-refractivity contribution in [1.29, 1.82) is 0 Å². The van der Waals surface area contributed by atoms with E-state index in [4.69, 9.17) is 19.3 Å². The van der Waals surface area contributed by atoms with Gasteiger partial charge in [0.05, 0.1) is 19.3 Å². The predicted octanol–water partition coefficient (Wildman–Crippen LogP) is 5.92. The Kier molecular flexibility index (Phi) is 8.76. The van der Waals surface area contributed by atoms with E-state index in [1.54, 1.807) is 23.6 Å². The van der Waals surface area contributed by atoms with Gasteiger partial charge in [-0.2, -0.15) is 4.98 Å². The Morgan fingerprint density at radius 2 is 1.92 bits per heavy atom. The molecule has 9 heteroatoms. The van der Waals surface area contributed by atoms with E-state index >= 15 is 0 Å². The summed E-state index contributed by atoms with van der Waals surface area (Å²) in [4.78, 5) is 17.9. The number of aryl methyl sites for hydroxylation is 1. The summed E-state index contributed by atoms with van der Waals surface area (Å²) in [5.41, 5.74) is 4.28. The smallest absolute Gasteiger partial charge is 0.338 e. The summed E-state index contributed by atoms with van der Waals surface area (Å²) >= 11 is 1.59. The summed E-state index contributed by atoms with van der Waals surface area (Å²) < 4.78 is 19.2. The van der Waals surface area contributed by atoms with Crippen LogP contribution in [0.4, 0.5) is 5.95 Å². The normalized spacial score (nSPS) is 14.7. The maximum atomic E-state index is 13.2. The number of esters is 1. The zero-order valence-electron chi connectivity index (χ0n) is 22.0. The zero-order chi connectivity index (χ0) is 26.4. The molecule has 1 atom stereocenters. The Morgan fingerprint density at radius 1 is 1.11 bits per heavy atom. The largest absolute Gasteiger partial charge is 0.493 e. The van der Waals surface area contributed by atoms with E-state index in [1.807, 2.05) is 50.2 Å². The number of hydrogen-bond donors (Lipinski definition) is 1. The lowest BCUT2D eigenvalue weighted by atomic mass is 9.95.